The maximum atomic E-state index is 6.75. The topological polar surface area (TPSA) is 30.9 Å². The highest BCUT2D eigenvalue weighted by atomic mass is 16.5. The Morgan fingerprint density at radius 2 is 1.02 bits per heavy atom. The Hall–Kier alpha value is -5.42. The summed E-state index contributed by atoms with van der Waals surface area (Å²) in [5, 5.41) is 0. The van der Waals surface area contributed by atoms with Crippen molar-refractivity contribution in [1.82, 2.24) is 0 Å². The highest BCUT2D eigenvalue weighted by molar-refractivity contribution is 6.98. The molecule has 3 heterocycles. The molecule has 0 aromatic heterocycles. The highest BCUT2D eigenvalue weighted by Gasteiger charge is 2.41. The van der Waals surface area contributed by atoms with Crippen LogP contribution < -0.4 is 35.5 Å². The summed E-state index contributed by atoms with van der Waals surface area (Å²) >= 11 is 0. The molecule has 0 saturated carbocycles. The van der Waals surface area contributed by atoms with E-state index in [0.29, 0.717) is 0 Å². The first-order valence-corrected chi connectivity index (χ1v) is 13.8. The third-order valence-corrected chi connectivity index (χ3v) is 8.19. The van der Waals surface area contributed by atoms with Crippen LogP contribution in [-0.2, 0) is 0 Å². The average Bonchev–Trinajstić information content (AvgIpc) is 3.04. The molecule has 0 spiro atoms. The second kappa shape index (κ2) is 8.54. The molecule has 0 saturated heterocycles. The number of para-hydroxylation sites is 6. The standard InChI is InChI=1S/C36H22BNO3/c1-2-11-23(12-3-1)38-28-16-6-9-20-32(28)41-35-24(13-10-17-29(35)38)25-21-22-33-34-36(25)40-31-19-8-5-15-27(31)37(34)26-14-4-7-18-30(26)39-33/h1-22H. The van der Waals surface area contributed by atoms with E-state index in [-0.39, 0.29) is 6.71 Å². The number of fused-ring (bicyclic) bond motifs is 6. The van der Waals surface area contributed by atoms with Crippen molar-refractivity contribution in [3.63, 3.8) is 0 Å². The van der Waals surface area contributed by atoms with Gasteiger partial charge in [0.25, 0.3) is 6.71 Å². The minimum absolute atomic E-state index is 0.0110. The van der Waals surface area contributed by atoms with Crippen LogP contribution in [0.1, 0.15) is 0 Å². The van der Waals surface area contributed by atoms with E-state index in [1.54, 1.807) is 0 Å². The van der Waals surface area contributed by atoms with Gasteiger partial charge in [-0.05, 0) is 65.5 Å². The lowest BCUT2D eigenvalue weighted by Gasteiger charge is -2.35. The molecule has 0 radical (unpaired) electrons. The van der Waals surface area contributed by atoms with E-state index in [4.69, 9.17) is 14.2 Å². The van der Waals surface area contributed by atoms with Crippen LogP contribution in [0.4, 0.5) is 17.1 Å². The van der Waals surface area contributed by atoms with Crippen molar-refractivity contribution in [2.24, 2.45) is 0 Å². The fourth-order valence-electron chi connectivity index (χ4n) is 6.44. The van der Waals surface area contributed by atoms with Gasteiger partial charge in [-0.1, -0.05) is 78.9 Å². The van der Waals surface area contributed by atoms with Crippen LogP contribution in [0.15, 0.2) is 133 Å². The molecule has 0 bridgehead atoms. The molecule has 4 nitrogen and oxygen atoms in total. The second-order valence-corrected chi connectivity index (χ2v) is 10.5. The Balaban J connectivity index is 1.29. The number of hydrogen-bond acceptors (Lipinski definition) is 4. The predicted molar refractivity (Wildman–Crippen MR) is 164 cm³/mol. The van der Waals surface area contributed by atoms with E-state index >= 15 is 0 Å². The Morgan fingerprint density at radius 1 is 0.415 bits per heavy atom. The van der Waals surface area contributed by atoms with E-state index in [0.717, 1.165) is 79.1 Å². The van der Waals surface area contributed by atoms with Crippen molar-refractivity contribution >= 4 is 40.2 Å². The SMILES string of the molecule is c1ccc(N2c3ccccc3Oc3c(-c4ccc5c6c4Oc4ccccc4B6c4ccccc4O5)cccc32)cc1. The zero-order valence-electron chi connectivity index (χ0n) is 22.0. The summed E-state index contributed by atoms with van der Waals surface area (Å²) in [5.74, 6) is 4.98. The van der Waals surface area contributed by atoms with Gasteiger partial charge in [-0.3, -0.25) is 0 Å². The van der Waals surface area contributed by atoms with E-state index < -0.39 is 0 Å². The Bertz CT molecular complexity index is 1990. The normalized spacial score (nSPS) is 13.4. The van der Waals surface area contributed by atoms with E-state index in [2.05, 4.69) is 95.9 Å². The molecular formula is C36H22BNO3. The highest BCUT2D eigenvalue weighted by Crippen LogP contribution is 2.54. The smallest absolute Gasteiger partial charge is 0.260 e. The summed E-state index contributed by atoms with van der Waals surface area (Å²) in [7, 11) is 0. The molecule has 9 rings (SSSR count). The third kappa shape index (κ3) is 3.23. The molecule has 0 unspecified atom stereocenters. The maximum absolute atomic E-state index is 6.75. The lowest BCUT2D eigenvalue weighted by atomic mass is 9.34. The summed E-state index contributed by atoms with van der Waals surface area (Å²) in [5.41, 5.74) is 8.33. The van der Waals surface area contributed by atoms with Crippen molar-refractivity contribution in [2.75, 3.05) is 4.90 Å². The van der Waals surface area contributed by atoms with Crippen LogP contribution in [0.2, 0.25) is 0 Å². The van der Waals surface area contributed by atoms with Crippen LogP contribution in [0.5, 0.6) is 34.5 Å². The first-order chi connectivity index (χ1) is 20.3. The molecule has 5 heteroatoms. The molecule has 0 N–H and O–H groups in total. The number of ether oxygens (including phenoxy) is 3. The van der Waals surface area contributed by atoms with Crippen molar-refractivity contribution < 1.29 is 14.2 Å². The lowest BCUT2D eigenvalue weighted by molar-refractivity contribution is 0.463. The maximum Gasteiger partial charge on any atom is 0.260 e. The average molecular weight is 527 g/mol. The molecule has 3 aliphatic rings. The molecule has 0 aliphatic carbocycles. The summed E-state index contributed by atoms with van der Waals surface area (Å²) in [6.07, 6.45) is 0. The summed E-state index contributed by atoms with van der Waals surface area (Å²) in [4.78, 5) is 2.26. The second-order valence-electron chi connectivity index (χ2n) is 10.5. The molecular weight excluding hydrogens is 505 g/mol. The molecule has 192 valence electrons. The van der Waals surface area contributed by atoms with Gasteiger partial charge in [0.05, 0.1) is 11.4 Å². The van der Waals surface area contributed by atoms with Gasteiger partial charge in [0.1, 0.15) is 23.0 Å². The number of nitrogens with zero attached hydrogens (tertiary/aromatic N) is 1. The van der Waals surface area contributed by atoms with Crippen LogP contribution in [0, 0.1) is 0 Å². The molecule has 0 amide bonds. The molecule has 41 heavy (non-hydrogen) atoms. The van der Waals surface area contributed by atoms with Gasteiger partial charge in [-0.2, -0.15) is 0 Å². The number of anilines is 3. The molecule has 6 aromatic rings. The quantitative estimate of drug-likeness (QED) is 0.216. The summed E-state index contributed by atoms with van der Waals surface area (Å²) in [6, 6.07) is 45.7. The zero-order valence-corrected chi connectivity index (χ0v) is 22.0. The fraction of sp³-hybridized carbons (Fsp3) is 0. The fourth-order valence-corrected chi connectivity index (χ4v) is 6.44. The first-order valence-electron chi connectivity index (χ1n) is 13.8. The largest absolute Gasteiger partial charge is 0.458 e. The van der Waals surface area contributed by atoms with Crippen molar-refractivity contribution in [2.45, 2.75) is 0 Å². The van der Waals surface area contributed by atoms with Gasteiger partial charge in [0.2, 0.25) is 0 Å². The lowest BCUT2D eigenvalue weighted by Crippen LogP contribution is -2.57. The number of rotatable bonds is 2. The molecule has 3 aliphatic heterocycles. The van der Waals surface area contributed by atoms with Crippen LogP contribution in [-0.4, -0.2) is 6.71 Å². The predicted octanol–water partition coefficient (Wildman–Crippen LogP) is 7.66. The summed E-state index contributed by atoms with van der Waals surface area (Å²) < 4.78 is 19.9. The Morgan fingerprint density at radius 3 is 1.83 bits per heavy atom. The van der Waals surface area contributed by atoms with Crippen molar-refractivity contribution in [3.05, 3.63) is 133 Å². The van der Waals surface area contributed by atoms with Gasteiger partial charge in [0, 0.05) is 22.3 Å². The van der Waals surface area contributed by atoms with Gasteiger partial charge < -0.3 is 19.1 Å². The molecule has 0 fully saturated rings. The third-order valence-electron chi connectivity index (χ3n) is 8.19. The van der Waals surface area contributed by atoms with Gasteiger partial charge >= 0.3 is 0 Å². The monoisotopic (exact) mass is 527 g/mol. The van der Waals surface area contributed by atoms with Gasteiger partial charge in [0.15, 0.2) is 11.5 Å². The van der Waals surface area contributed by atoms with Crippen molar-refractivity contribution in [3.8, 4) is 45.6 Å². The van der Waals surface area contributed by atoms with E-state index in [1.807, 2.05) is 42.5 Å². The summed E-state index contributed by atoms with van der Waals surface area (Å²) in [6.45, 7) is 0.0110. The minimum atomic E-state index is 0.0110. The van der Waals surface area contributed by atoms with Gasteiger partial charge in [-0.25, -0.2) is 0 Å². The zero-order chi connectivity index (χ0) is 26.9. The van der Waals surface area contributed by atoms with Crippen LogP contribution in [0.25, 0.3) is 11.1 Å². The number of hydrogen-bond donors (Lipinski definition) is 0. The van der Waals surface area contributed by atoms with E-state index in [1.165, 1.54) is 0 Å². The Kier molecular flexibility index (Phi) is 4.67. The Labute approximate surface area is 238 Å². The first kappa shape index (κ1) is 22.4. The number of benzene rings is 6. The van der Waals surface area contributed by atoms with Crippen molar-refractivity contribution in [1.29, 1.82) is 0 Å². The van der Waals surface area contributed by atoms with E-state index in [9.17, 15) is 0 Å². The van der Waals surface area contributed by atoms with Crippen LogP contribution in [0.3, 0.4) is 0 Å². The molecule has 0 atom stereocenters. The van der Waals surface area contributed by atoms with Crippen LogP contribution >= 0.6 is 0 Å². The molecule has 6 aromatic carbocycles. The minimum Gasteiger partial charge on any atom is -0.458 e. The van der Waals surface area contributed by atoms with Gasteiger partial charge in [-0.15, -0.1) is 0 Å².